The fourth-order valence-electron chi connectivity index (χ4n) is 2.06. The number of benzene rings is 1. The van der Waals surface area contributed by atoms with Gasteiger partial charge in [0.1, 0.15) is 5.75 Å². The molecule has 0 aliphatic carbocycles. The van der Waals surface area contributed by atoms with Crippen molar-refractivity contribution in [1.29, 1.82) is 0 Å². The molecule has 20 heavy (non-hydrogen) atoms. The standard InChI is InChI=1S/C15H17Br2NOS/c1-3-8-18-14(13-9-11(16)15(17)20-13)10-6-4-5-7-12(10)19-2/h4-7,9,14,18H,3,8H2,1-2H3. The van der Waals surface area contributed by atoms with Gasteiger partial charge in [-0.15, -0.1) is 11.3 Å². The molecular formula is C15H17Br2NOS. The summed E-state index contributed by atoms with van der Waals surface area (Å²) in [6.07, 6.45) is 1.10. The van der Waals surface area contributed by atoms with Gasteiger partial charge in [-0.2, -0.15) is 0 Å². The van der Waals surface area contributed by atoms with Crippen LogP contribution in [0.4, 0.5) is 0 Å². The van der Waals surface area contributed by atoms with Crippen molar-refractivity contribution in [3.05, 3.63) is 49.0 Å². The predicted molar refractivity (Wildman–Crippen MR) is 92.8 cm³/mol. The van der Waals surface area contributed by atoms with E-state index in [9.17, 15) is 0 Å². The summed E-state index contributed by atoms with van der Waals surface area (Å²) in [5.74, 6) is 0.918. The van der Waals surface area contributed by atoms with Gasteiger partial charge in [-0.05, 0) is 57.0 Å². The molecule has 1 aromatic carbocycles. The Morgan fingerprint density at radius 2 is 2.05 bits per heavy atom. The van der Waals surface area contributed by atoms with Crippen molar-refractivity contribution in [3.63, 3.8) is 0 Å². The van der Waals surface area contributed by atoms with Crippen LogP contribution in [0.3, 0.4) is 0 Å². The SMILES string of the molecule is CCCNC(c1cc(Br)c(Br)s1)c1ccccc1OC. The number of ether oxygens (including phenoxy) is 1. The van der Waals surface area contributed by atoms with Gasteiger partial charge in [0.15, 0.2) is 0 Å². The Bertz CT molecular complexity index is 551. The molecule has 0 aliphatic rings. The average molecular weight is 419 g/mol. The maximum atomic E-state index is 5.51. The zero-order chi connectivity index (χ0) is 14.5. The van der Waals surface area contributed by atoms with Gasteiger partial charge in [-0.3, -0.25) is 0 Å². The fourth-order valence-corrected chi connectivity index (χ4v) is 4.25. The summed E-state index contributed by atoms with van der Waals surface area (Å²) in [5.41, 5.74) is 1.17. The lowest BCUT2D eigenvalue weighted by Crippen LogP contribution is -2.22. The molecule has 1 N–H and O–H groups in total. The molecule has 5 heteroatoms. The summed E-state index contributed by atoms with van der Waals surface area (Å²) < 4.78 is 7.72. The fraction of sp³-hybridized carbons (Fsp3) is 0.333. The Balaban J connectivity index is 2.41. The van der Waals surface area contributed by atoms with Crippen molar-refractivity contribution in [2.45, 2.75) is 19.4 Å². The van der Waals surface area contributed by atoms with Crippen molar-refractivity contribution in [1.82, 2.24) is 5.32 Å². The largest absolute Gasteiger partial charge is 0.496 e. The third kappa shape index (κ3) is 3.64. The molecule has 2 aromatic rings. The second-order valence-electron chi connectivity index (χ2n) is 4.40. The van der Waals surface area contributed by atoms with Crippen molar-refractivity contribution in [3.8, 4) is 5.75 Å². The third-order valence-corrected chi connectivity index (χ3v) is 6.32. The van der Waals surface area contributed by atoms with E-state index < -0.39 is 0 Å². The predicted octanol–water partition coefficient (Wildman–Crippen LogP) is 5.37. The van der Waals surface area contributed by atoms with Crippen LogP contribution in [0, 0.1) is 0 Å². The van der Waals surface area contributed by atoms with Crippen LogP contribution in [0.15, 0.2) is 38.6 Å². The number of hydrogen-bond acceptors (Lipinski definition) is 3. The molecule has 2 rings (SSSR count). The van der Waals surface area contributed by atoms with Crippen LogP contribution in [-0.4, -0.2) is 13.7 Å². The molecule has 1 unspecified atom stereocenters. The molecular weight excluding hydrogens is 402 g/mol. The molecule has 0 saturated carbocycles. The highest BCUT2D eigenvalue weighted by Gasteiger charge is 2.20. The summed E-state index contributed by atoms with van der Waals surface area (Å²) >= 11 is 8.88. The van der Waals surface area contributed by atoms with Gasteiger partial charge < -0.3 is 10.1 Å². The van der Waals surface area contributed by atoms with E-state index in [1.807, 2.05) is 12.1 Å². The van der Waals surface area contributed by atoms with Gasteiger partial charge >= 0.3 is 0 Å². The number of rotatable bonds is 6. The van der Waals surface area contributed by atoms with Gasteiger partial charge in [0.2, 0.25) is 0 Å². The molecule has 0 spiro atoms. The normalized spacial score (nSPS) is 12.4. The first kappa shape index (κ1) is 16.0. The highest BCUT2D eigenvalue weighted by molar-refractivity contribution is 9.13. The quantitative estimate of drug-likeness (QED) is 0.680. The van der Waals surface area contributed by atoms with E-state index in [2.05, 4.69) is 62.3 Å². The summed E-state index contributed by atoms with van der Waals surface area (Å²) in [6, 6.07) is 10.5. The van der Waals surface area contributed by atoms with Crippen molar-refractivity contribution in [2.75, 3.05) is 13.7 Å². The van der Waals surface area contributed by atoms with Crippen LogP contribution in [-0.2, 0) is 0 Å². The van der Waals surface area contributed by atoms with E-state index in [1.165, 1.54) is 10.4 Å². The topological polar surface area (TPSA) is 21.3 Å². The molecule has 2 nitrogen and oxygen atoms in total. The molecule has 1 atom stereocenters. The molecule has 0 fully saturated rings. The lowest BCUT2D eigenvalue weighted by molar-refractivity contribution is 0.404. The maximum absolute atomic E-state index is 5.51. The number of halogens is 2. The van der Waals surface area contributed by atoms with Crippen molar-refractivity contribution >= 4 is 43.2 Å². The second-order valence-corrected chi connectivity index (χ2v) is 7.66. The Hall–Kier alpha value is -0.360. The number of para-hydroxylation sites is 1. The minimum atomic E-state index is 0.152. The highest BCUT2D eigenvalue weighted by atomic mass is 79.9. The summed E-state index contributed by atoms with van der Waals surface area (Å²) in [4.78, 5) is 1.27. The molecule has 0 bridgehead atoms. The molecule has 0 radical (unpaired) electrons. The first-order valence-corrected chi connectivity index (χ1v) is 8.88. The Morgan fingerprint density at radius 3 is 2.65 bits per heavy atom. The molecule has 0 amide bonds. The van der Waals surface area contributed by atoms with Crippen LogP contribution in [0.2, 0.25) is 0 Å². The number of methoxy groups -OCH3 is 1. The Labute approximate surface area is 140 Å². The molecule has 1 aromatic heterocycles. The summed E-state index contributed by atoms with van der Waals surface area (Å²) in [6.45, 7) is 3.14. The Kier molecular flexibility index (Phi) is 6.08. The number of hydrogen-bond donors (Lipinski definition) is 1. The first-order chi connectivity index (χ1) is 9.67. The van der Waals surface area contributed by atoms with E-state index in [-0.39, 0.29) is 6.04 Å². The summed E-state index contributed by atoms with van der Waals surface area (Å²) in [7, 11) is 1.72. The van der Waals surface area contributed by atoms with E-state index in [0.29, 0.717) is 0 Å². The van der Waals surface area contributed by atoms with E-state index in [1.54, 1.807) is 18.4 Å². The number of nitrogens with one attached hydrogen (secondary N) is 1. The van der Waals surface area contributed by atoms with Crippen LogP contribution in [0.5, 0.6) is 5.75 Å². The molecule has 0 saturated heterocycles. The van der Waals surface area contributed by atoms with Crippen LogP contribution < -0.4 is 10.1 Å². The van der Waals surface area contributed by atoms with Gasteiger partial charge in [0, 0.05) is 14.9 Å². The molecule has 0 aliphatic heterocycles. The van der Waals surface area contributed by atoms with E-state index in [0.717, 1.165) is 27.0 Å². The van der Waals surface area contributed by atoms with Crippen molar-refractivity contribution < 1.29 is 4.74 Å². The van der Waals surface area contributed by atoms with E-state index >= 15 is 0 Å². The zero-order valence-electron chi connectivity index (χ0n) is 11.5. The second kappa shape index (κ2) is 7.59. The smallest absolute Gasteiger partial charge is 0.124 e. The van der Waals surface area contributed by atoms with Gasteiger partial charge in [0.25, 0.3) is 0 Å². The lowest BCUT2D eigenvalue weighted by Gasteiger charge is -2.20. The van der Waals surface area contributed by atoms with Crippen LogP contribution >= 0.6 is 43.2 Å². The van der Waals surface area contributed by atoms with Crippen LogP contribution in [0.25, 0.3) is 0 Å². The molecule has 1 heterocycles. The highest BCUT2D eigenvalue weighted by Crippen LogP contribution is 2.39. The average Bonchev–Trinajstić information content (AvgIpc) is 2.79. The van der Waals surface area contributed by atoms with Gasteiger partial charge in [-0.1, -0.05) is 25.1 Å². The maximum Gasteiger partial charge on any atom is 0.124 e. The number of thiophene rings is 1. The summed E-state index contributed by atoms with van der Waals surface area (Å²) in [5, 5.41) is 3.61. The van der Waals surface area contributed by atoms with E-state index in [4.69, 9.17) is 4.74 Å². The van der Waals surface area contributed by atoms with Crippen LogP contribution in [0.1, 0.15) is 29.8 Å². The van der Waals surface area contributed by atoms with Gasteiger partial charge in [0.05, 0.1) is 16.9 Å². The molecule has 108 valence electrons. The third-order valence-electron chi connectivity index (χ3n) is 3.00. The van der Waals surface area contributed by atoms with Crippen molar-refractivity contribution in [2.24, 2.45) is 0 Å². The lowest BCUT2D eigenvalue weighted by atomic mass is 10.0. The van der Waals surface area contributed by atoms with Gasteiger partial charge in [-0.25, -0.2) is 0 Å². The monoisotopic (exact) mass is 417 g/mol. The zero-order valence-corrected chi connectivity index (χ0v) is 15.4. The minimum Gasteiger partial charge on any atom is -0.496 e. The first-order valence-electron chi connectivity index (χ1n) is 6.48. The Morgan fingerprint density at radius 1 is 1.30 bits per heavy atom. The minimum absolute atomic E-state index is 0.152.